The van der Waals surface area contributed by atoms with Crippen LogP contribution in [0.15, 0.2) is 4.79 Å². The second kappa shape index (κ2) is 5.86. The normalized spacial score (nSPS) is 15.6. The molecule has 1 saturated carbocycles. The molecule has 0 unspecified atom stereocenters. The first-order chi connectivity index (χ1) is 9.11. The maximum atomic E-state index is 12.0. The van der Waals surface area contributed by atoms with Gasteiger partial charge in [0.1, 0.15) is 11.6 Å². The van der Waals surface area contributed by atoms with Gasteiger partial charge in [0.2, 0.25) is 0 Å². The zero-order chi connectivity index (χ0) is 13.8. The average Bonchev–Trinajstić information content (AvgIpc) is 2.87. The van der Waals surface area contributed by atoms with Crippen molar-refractivity contribution in [2.24, 2.45) is 0 Å². The summed E-state index contributed by atoms with van der Waals surface area (Å²) in [7, 11) is 0. The third-order valence-electron chi connectivity index (χ3n) is 3.43. The molecular formula is C13H19N3O3. The first-order valence-corrected chi connectivity index (χ1v) is 6.66. The summed E-state index contributed by atoms with van der Waals surface area (Å²) in [5, 5.41) is 0. The number of H-pyrrole nitrogens is 1. The van der Waals surface area contributed by atoms with Gasteiger partial charge in [0.25, 0.3) is 5.56 Å². The number of nitrogens with one attached hydrogen (secondary N) is 1. The Bertz CT molecular complexity index is 518. The van der Waals surface area contributed by atoms with E-state index in [2.05, 4.69) is 9.97 Å². The van der Waals surface area contributed by atoms with Gasteiger partial charge in [-0.25, -0.2) is 4.98 Å². The maximum Gasteiger partial charge on any atom is 0.310 e. The van der Waals surface area contributed by atoms with Crippen LogP contribution in [0.25, 0.3) is 0 Å². The molecule has 0 aliphatic heterocycles. The molecule has 0 atom stereocenters. The van der Waals surface area contributed by atoms with E-state index in [1.165, 1.54) is 0 Å². The number of ether oxygens (including phenoxy) is 1. The van der Waals surface area contributed by atoms with E-state index in [0.717, 1.165) is 25.7 Å². The fraction of sp³-hybridized carbons (Fsp3) is 0.615. The predicted octanol–water partition coefficient (Wildman–Crippen LogP) is 1.12. The van der Waals surface area contributed by atoms with Gasteiger partial charge in [0.15, 0.2) is 0 Å². The highest BCUT2D eigenvalue weighted by Crippen LogP contribution is 2.31. The number of hydrogen-bond acceptors (Lipinski definition) is 5. The van der Waals surface area contributed by atoms with E-state index in [0.29, 0.717) is 5.82 Å². The van der Waals surface area contributed by atoms with Crippen LogP contribution >= 0.6 is 0 Å². The maximum absolute atomic E-state index is 12.0. The minimum absolute atomic E-state index is 0.132. The van der Waals surface area contributed by atoms with Gasteiger partial charge in [0, 0.05) is 5.92 Å². The van der Waals surface area contributed by atoms with E-state index in [9.17, 15) is 9.59 Å². The second-order valence-electron chi connectivity index (χ2n) is 4.78. The van der Waals surface area contributed by atoms with Crippen LogP contribution in [-0.2, 0) is 16.0 Å². The van der Waals surface area contributed by atoms with Crippen molar-refractivity contribution in [3.63, 3.8) is 0 Å². The molecule has 0 saturated heterocycles. The molecule has 1 aromatic heterocycles. The summed E-state index contributed by atoms with van der Waals surface area (Å²) in [5.41, 5.74) is 5.66. The quantitative estimate of drug-likeness (QED) is 0.795. The number of hydrogen-bond donors (Lipinski definition) is 2. The van der Waals surface area contributed by atoms with E-state index < -0.39 is 5.97 Å². The number of esters is 1. The van der Waals surface area contributed by atoms with Gasteiger partial charge in [-0.15, -0.1) is 0 Å². The van der Waals surface area contributed by atoms with Crippen molar-refractivity contribution in [3.05, 3.63) is 21.7 Å². The number of nitrogens with two attached hydrogens (primary N) is 1. The molecule has 1 aliphatic rings. The van der Waals surface area contributed by atoms with Gasteiger partial charge >= 0.3 is 5.97 Å². The molecule has 104 valence electrons. The Morgan fingerprint density at radius 1 is 1.47 bits per heavy atom. The molecule has 1 aromatic rings. The van der Waals surface area contributed by atoms with E-state index in [1.54, 1.807) is 6.92 Å². The number of nitrogen functional groups attached to an aromatic ring is 1. The van der Waals surface area contributed by atoms with Crippen molar-refractivity contribution >= 4 is 11.8 Å². The van der Waals surface area contributed by atoms with Gasteiger partial charge in [0.05, 0.1) is 18.6 Å². The lowest BCUT2D eigenvalue weighted by Gasteiger charge is -2.11. The van der Waals surface area contributed by atoms with Crippen molar-refractivity contribution in [3.8, 4) is 0 Å². The lowest BCUT2D eigenvalue weighted by Crippen LogP contribution is -2.24. The third kappa shape index (κ3) is 3.13. The van der Waals surface area contributed by atoms with Crippen LogP contribution in [0.4, 0.5) is 5.82 Å². The number of aromatic nitrogens is 2. The second-order valence-corrected chi connectivity index (χ2v) is 4.78. The zero-order valence-corrected chi connectivity index (χ0v) is 11.1. The van der Waals surface area contributed by atoms with Crippen LogP contribution in [0.5, 0.6) is 0 Å². The first kappa shape index (κ1) is 13.6. The fourth-order valence-electron chi connectivity index (χ4n) is 2.45. The van der Waals surface area contributed by atoms with Crippen molar-refractivity contribution in [1.82, 2.24) is 9.97 Å². The predicted molar refractivity (Wildman–Crippen MR) is 70.8 cm³/mol. The number of carbonyl (C=O) groups excluding carboxylic acids is 1. The van der Waals surface area contributed by atoms with E-state index in [1.807, 2.05) is 0 Å². The van der Waals surface area contributed by atoms with Crippen LogP contribution < -0.4 is 11.3 Å². The monoisotopic (exact) mass is 265 g/mol. The fourth-order valence-corrected chi connectivity index (χ4v) is 2.45. The molecule has 0 aromatic carbocycles. The number of carbonyl (C=O) groups is 1. The standard InChI is InChI=1S/C13H19N3O3/c1-2-19-10(17)7-9-11(14)15-12(16-13(9)18)8-5-3-4-6-8/h8H,2-7H2,1H3,(H3,14,15,16,18). The van der Waals surface area contributed by atoms with Crippen molar-refractivity contribution < 1.29 is 9.53 Å². The van der Waals surface area contributed by atoms with Crippen LogP contribution in [0.2, 0.25) is 0 Å². The van der Waals surface area contributed by atoms with E-state index in [4.69, 9.17) is 10.5 Å². The molecule has 0 bridgehead atoms. The molecule has 2 rings (SSSR count). The molecule has 1 fully saturated rings. The molecule has 19 heavy (non-hydrogen) atoms. The Hall–Kier alpha value is -1.85. The van der Waals surface area contributed by atoms with Crippen LogP contribution in [0.1, 0.15) is 49.9 Å². The highest BCUT2D eigenvalue weighted by molar-refractivity contribution is 5.74. The Morgan fingerprint density at radius 2 is 2.16 bits per heavy atom. The van der Waals surface area contributed by atoms with Crippen LogP contribution in [-0.4, -0.2) is 22.5 Å². The number of nitrogens with zero attached hydrogens (tertiary/aromatic N) is 1. The highest BCUT2D eigenvalue weighted by atomic mass is 16.5. The van der Waals surface area contributed by atoms with Crippen LogP contribution in [0, 0.1) is 0 Å². The Morgan fingerprint density at radius 3 is 2.74 bits per heavy atom. The van der Waals surface area contributed by atoms with Crippen molar-refractivity contribution in [2.75, 3.05) is 12.3 Å². The Labute approximate surface area is 111 Å². The van der Waals surface area contributed by atoms with Crippen molar-refractivity contribution in [2.45, 2.75) is 44.9 Å². The molecule has 1 heterocycles. The van der Waals surface area contributed by atoms with Gasteiger partial charge in [-0.05, 0) is 19.8 Å². The third-order valence-corrected chi connectivity index (χ3v) is 3.43. The summed E-state index contributed by atoms with van der Waals surface area (Å²) >= 11 is 0. The molecule has 0 radical (unpaired) electrons. The van der Waals surface area contributed by atoms with Gasteiger partial charge in [-0.2, -0.15) is 0 Å². The molecular weight excluding hydrogens is 246 g/mol. The Kier molecular flexibility index (Phi) is 4.19. The largest absolute Gasteiger partial charge is 0.466 e. The number of rotatable bonds is 4. The topological polar surface area (TPSA) is 98.1 Å². The smallest absolute Gasteiger partial charge is 0.310 e. The molecule has 0 amide bonds. The van der Waals surface area contributed by atoms with Crippen molar-refractivity contribution in [1.29, 1.82) is 0 Å². The summed E-state index contributed by atoms with van der Waals surface area (Å²) in [6, 6.07) is 0. The number of anilines is 1. The summed E-state index contributed by atoms with van der Waals surface area (Å²) in [6.45, 7) is 2.00. The van der Waals surface area contributed by atoms with Gasteiger partial charge in [-0.3, -0.25) is 9.59 Å². The zero-order valence-electron chi connectivity index (χ0n) is 11.1. The van der Waals surface area contributed by atoms with Gasteiger partial charge < -0.3 is 15.5 Å². The summed E-state index contributed by atoms with van der Waals surface area (Å²) in [4.78, 5) is 30.4. The highest BCUT2D eigenvalue weighted by Gasteiger charge is 2.22. The van der Waals surface area contributed by atoms with Crippen LogP contribution in [0.3, 0.4) is 0 Å². The molecule has 0 spiro atoms. The molecule has 6 heteroatoms. The summed E-state index contributed by atoms with van der Waals surface area (Å²) < 4.78 is 4.81. The number of aromatic amines is 1. The molecule has 1 aliphatic carbocycles. The van der Waals surface area contributed by atoms with E-state index in [-0.39, 0.29) is 35.9 Å². The summed E-state index contributed by atoms with van der Waals surface area (Å²) in [6.07, 6.45) is 4.23. The lowest BCUT2D eigenvalue weighted by molar-refractivity contribution is -0.142. The molecule has 3 N–H and O–H groups in total. The first-order valence-electron chi connectivity index (χ1n) is 6.66. The average molecular weight is 265 g/mol. The molecule has 6 nitrogen and oxygen atoms in total. The lowest BCUT2D eigenvalue weighted by atomic mass is 10.1. The van der Waals surface area contributed by atoms with E-state index >= 15 is 0 Å². The Balaban J connectivity index is 2.22. The minimum Gasteiger partial charge on any atom is -0.466 e. The minimum atomic E-state index is -0.463. The summed E-state index contributed by atoms with van der Waals surface area (Å²) in [5.74, 6) is 0.605. The SMILES string of the molecule is CCOC(=O)Cc1c(N)nc(C2CCCC2)[nH]c1=O. The van der Waals surface area contributed by atoms with Gasteiger partial charge in [-0.1, -0.05) is 12.8 Å².